The quantitative estimate of drug-likeness (QED) is 0.756. The Balaban J connectivity index is 3.10. The third kappa shape index (κ3) is 2.29. The van der Waals surface area contributed by atoms with Gasteiger partial charge in [-0.2, -0.15) is 0 Å². The van der Waals surface area contributed by atoms with Gasteiger partial charge in [0.15, 0.2) is 11.5 Å². The second-order valence-corrected chi connectivity index (χ2v) is 3.06. The van der Waals surface area contributed by atoms with Gasteiger partial charge < -0.3 is 14.7 Å². The highest BCUT2D eigenvalue weighted by Gasteiger charge is 2.10. The lowest BCUT2D eigenvalue weighted by Crippen LogP contribution is -2.06. The molecule has 1 rings (SSSR count). The third-order valence-electron chi connectivity index (χ3n) is 1.78. The summed E-state index contributed by atoms with van der Waals surface area (Å²) in [7, 11) is 3.05. The van der Waals surface area contributed by atoms with Crippen molar-refractivity contribution < 1.29 is 14.7 Å². The Labute approximate surface area is 87.4 Å². The molecule has 1 aromatic rings. The van der Waals surface area contributed by atoms with Crippen LogP contribution in [0.4, 0.5) is 0 Å². The second kappa shape index (κ2) is 5.05. The van der Waals surface area contributed by atoms with Crippen LogP contribution in [-0.4, -0.2) is 19.4 Å². The number of halogens is 1. The predicted octanol–water partition coefficient (Wildman–Crippen LogP) is 1.84. The number of hydroxylamine groups is 1. The van der Waals surface area contributed by atoms with Gasteiger partial charge in [0.05, 0.1) is 19.2 Å². The normalized spacial score (nSPS) is 10.0. The van der Waals surface area contributed by atoms with E-state index in [4.69, 9.17) is 26.3 Å². The van der Waals surface area contributed by atoms with Crippen LogP contribution in [0.2, 0.25) is 5.02 Å². The van der Waals surface area contributed by atoms with Crippen molar-refractivity contribution in [3.63, 3.8) is 0 Å². The first-order valence-electron chi connectivity index (χ1n) is 4.00. The minimum absolute atomic E-state index is 0.306. The minimum atomic E-state index is 0.306. The Morgan fingerprint density at radius 1 is 1.36 bits per heavy atom. The Morgan fingerprint density at radius 3 is 2.57 bits per heavy atom. The molecular formula is C9H12ClNO3. The molecule has 0 aliphatic rings. The molecule has 0 amide bonds. The summed E-state index contributed by atoms with van der Waals surface area (Å²) in [4.78, 5) is 0. The predicted molar refractivity (Wildman–Crippen MR) is 53.2 cm³/mol. The summed E-state index contributed by atoms with van der Waals surface area (Å²) in [6, 6.07) is 3.44. The Bertz CT molecular complexity index is 317. The van der Waals surface area contributed by atoms with E-state index in [1.54, 1.807) is 12.1 Å². The maximum atomic E-state index is 8.54. The fraction of sp³-hybridized carbons (Fsp3) is 0.333. The summed E-state index contributed by atoms with van der Waals surface area (Å²) in [5, 5.41) is 8.99. The van der Waals surface area contributed by atoms with Gasteiger partial charge in [0.1, 0.15) is 0 Å². The summed E-state index contributed by atoms with van der Waals surface area (Å²) in [6.07, 6.45) is 0. The molecule has 0 aromatic heterocycles. The number of rotatable bonds is 4. The van der Waals surface area contributed by atoms with Crippen LogP contribution in [0.15, 0.2) is 12.1 Å². The van der Waals surface area contributed by atoms with Gasteiger partial charge >= 0.3 is 0 Å². The maximum absolute atomic E-state index is 8.54. The molecule has 14 heavy (non-hydrogen) atoms. The van der Waals surface area contributed by atoms with Crippen LogP contribution in [0, 0.1) is 0 Å². The van der Waals surface area contributed by atoms with Gasteiger partial charge in [0, 0.05) is 6.54 Å². The highest BCUT2D eigenvalue weighted by Crippen LogP contribution is 2.35. The van der Waals surface area contributed by atoms with Crippen molar-refractivity contribution in [1.82, 2.24) is 5.48 Å². The van der Waals surface area contributed by atoms with Crippen molar-refractivity contribution in [3.05, 3.63) is 22.7 Å². The summed E-state index contributed by atoms with van der Waals surface area (Å²) < 4.78 is 10.1. The molecular weight excluding hydrogens is 206 g/mol. The van der Waals surface area contributed by atoms with E-state index >= 15 is 0 Å². The molecule has 0 fully saturated rings. The van der Waals surface area contributed by atoms with Crippen LogP contribution in [-0.2, 0) is 6.54 Å². The first-order valence-corrected chi connectivity index (χ1v) is 4.38. The van der Waals surface area contributed by atoms with Crippen molar-refractivity contribution in [1.29, 1.82) is 0 Å². The molecule has 0 spiro atoms. The molecule has 0 atom stereocenters. The number of ether oxygens (including phenoxy) is 2. The van der Waals surface area contributed by atoms with Crippen molar-refractivity contribution in [3.8, 4) is 11.5 Å². The molecule has 0 bridgehead atoms. The van der Waals surface area contributed by atoms with E-state index in [2.05, 4.69) is 0 Å². The van der Waals surface area contributed by atoms with E-state index in [1.807, 2.05) is 5.48 Å². The molecule has 78 valence electrons. The lowest BCUT2D eigenvalue weighted by atomic mass is 10.2. The number of hydrogen-bond acceptors (Lipinski definition) is 4. The van der Waals surface area contributed by atoms with Crippen LogP contribution in [0.5, 0.6) is 11.5 Å². The highest BCUT2D eigenvalue weighted by molar-refractivity contribution is 6.32. The topological polar surface area (TPSA) is 50.7 Å². The standard InChI is InChI=1S/C9H12ClNO3/c1-13-8-4-6(5-11-12)3-7(10)9(8)14-2/h3-4,11-12H,5H2,1-2H3. The summed E-state index contributed by atoms with van der Waals surface area (Å²) >= 11 is 5.93. The number of methoxy groups -OCH3 is 2. The van der Waals surface area contributed by atoms with E-state index in [0.29, 0.717) is 23.1 Å². The third-order valence-corrected chi connectivity index (χ3v) is 2.06. The smallest absolute Gasteiger partial charge is 0.179 e. The molecule has 0 unspecified atom stereocenters. The Kier molecular flexibility index (Phi) is 4.00. The number of hydrogen-bond donors (Lipinski definition) is 2. The Hall–Kier alpha value is -0.970. The zero-order valence-electron chi connectivity index (χ0n) is 8.00. The average molecular weight is 218 g/mol. The fourth-order valence-corrected chi connectivity index (χ4v) is 1.48. The van der Waals surface area contributed by atoms with Crippen LogP contribution < -0.4 is 15.0 Å². The zero-order chi connectivity index (χ0) is 10.6. The van der Waals surface area contributed by atoms with Crippen molar-refractivity contribution in [2.75, 3.05) is 14.2 Å². The molecule has 0 radical (unpaired) electrons. The van der Waals surface area contributed by atoms with Crippen molar-refractivity contribution >= 4 is 11.6 Å². The number of nitrogens with one attached hydrogen (secondary N) is 1. The molecule has 5 heteroatoms. The van der Waals surface area contributed by atoms with E-state index in [0.717, 1.165) is 5.56 Å². The number of benzene rings is 1. The first kappa shape index (κ1) is 11.1. The van der Waals surface area contributed by atoms with Crippen LogP contribution in [0.25, 0.3) is 0 Å². The van der Waals surface area contributed by atoms with Crippen molar-refractivity contribution in [2.24, 2.45) is 0 Å². The van der Waals surface area contributed by atoms with Gasteiger partial charge in [0.2, 0.25) is 0 Å². The molecule has 0 heterocycles. The fourth-order valence-electron chi connectivity index (χ4n) is 1.16. The van der Waals surface area contributed by atoms with E-state index in [-0.39, 0.29) is 0 Å². The zero-order valence-corrected chi connectivity index (χ0v) is 8.76. The van der Waals surface area contributed by atoms with Gasteiger partial charge in [-0.15, -0.1) is 0 Å². The second-order valence-electron chi connectivity index (χ2n) is 2.65. The van der Waals surface area contributed by atoms with E-state index in [9.17, 15) is 0 Å². The largest absolute Gasteiger partial charge is 0.493 e. The van der Waals surface area contributed by atoms with Gasteiger partial charge in [0.25, 0.3) is 0 Å². The lowest BCUT2D eigenvalue weighted by Gasteiger charge is -2.11. The van der Waals surface area contributed by atoms with Crippen LogP contribution >= 0.6 is 11.6 Å². The average Bonchev–Trinajstić information content (AvgIpc) is 2.17. The van der Waals surface area contributed by atoms with Crippen LogP contribution in [0.3, 0.4) is 0 Å². The molecule has 0 saturated heterocycles. The molecule has 4 nitrogen and oxygen atoms in total. The monoisotopic (exact) mass is 217 g/mol. The minimum Gasteiger partial charge on any atom is -0.493 e. The highest BCUT2D eigenvalue weighted by atomic mass is 35.5. The van der Waals surface area contributed by atoms with Crippen LogP contribution in [0.1, 0.15) is 5.56 Å². The van der Waals surface area contributed by atoms with Gasteiger partial charge in [-0.25, -0.2) is 5.48 Å². The van der Waals surface area contributed by atoms with Gasteiger partial charge in [-0.3, -0.25) is 0 Å². The summed E-state index contributed by atoms with van der Waals surface area (Å²) in [6.45, 7) is 0.306. The van der Waals surface area contributed by atoms with Gasteiger partial charge in [-0.05, 0) is 17.7 Å². The molecule has 2 N–H and O–H groups in total. The summed E-state index contributed by atoms with van der Waals surface area (Å²) in [5.41, 5.74) is 2.86. The van der Waals surface area contributed by atoms with Gasteiger partial charge in [-0.1, -0.05) is 11.6 Å². The molecule has 0 saturated carbocycles. The lowest BCUT2D eigenvalue weighted by molar-refractivity contribution is 0.161. The SMILES string of the molecule is COc1cc(CNO)cc(Cl)c1OC. The first-order chi connectivity index (χ1) is 6.72. The van der Waals surface area contributed by atoms with E-state index < -0.39 is 0 Å². The molecule has 0 aliphatic carbocycles. The molecule has 0 aliphatic heterocycles. The maximum Gasteiger partial charge on any atom is 0.179 e. The molecule has 1 aromatic carbocycles. The van der Waals surface area contributed by atoms with E-state index in [1.165, 1.54) is 14.2 Å². The van der Waals surface area contributed by atoms with Crippen molar-refractivity contribution in [2.45, 2.75) is 6.54 Å². The summed E-state index contributed by atoms with van der Waals surface area (Å²) in [5.74, 6) is 1.04. The Morgan fingerprint density at radius 2 is 2.07 bits per heavy atom.